The number of halogens is 1. The molecule has 1 heterocycles. The highest BCUT2D eigenvalue weighted by atomic mass is 35.5. The van der Waals surface area contributed by atoms with Crippen LogP contribution in [-0.2, 0) is 26.6 Å². The molecule has 1 rings (SSSR count). The lowest BCUT2D eigenvalue weighted by atomic mass is 10.5. The lowest BCUT2D eigenvalue weighted by Gasteiger charge is -2.28. The summed E-state index contributed by atoms with van der Waals surface area (Å²) in [5, 5.41) is 6.53. The van der Waals surface area contributed by atoms with Crippen LogP contribution in [0.1, 0.15) is 54.4 Å². The van der Waals surface area contributed by atoms with Crippen LogP contribution in [0.25, 0.3) is 0 Å². The van der Waals surface area contributed by atoms with Crippen LogP contribution >= 0.6 is 11.6 Å². The topological polar surface area (TPSA) is 118 Å². The van der Waals surface area contributed by atoms with Crippen LogP contribution in [0.4, 0.5) is 11.9 Å². The van der Waals surface area contributed by atoms with Crippen molar-refractivity contribution in [3.8, 4) is 0 Å². The average Bonchev–Trinajstić information content (AvgIpc) is 2.80. The van der Waals surface area contributed by atoms with Gasteiger partial charge in [0.2, 0.25) is 17.2 Å². The lowest BCUT2D eigenvalue weighted by molar-refractivity contribution is 0.0702. The van der Waals surface area contributed by atoms with Gasteiger partial charge in [0.15, 0.2) is 0 Å². The molecule has 1 aromatic rings. The Kier molecular flexibility index (Phi) is 16.8. The molecule has 35 heavy (non-hydrogen) atoms. The van der Waals surface area contributed by atoms with Gasteiger partial charge in [-0.1, -0.05) is 0 Å². The van der Waals surface area contributed by atoms with E-state index in [9.17, 15) is 0 Å². The molecule has 0 aliphatic rings. The third kappa shape index (κ3) is 12.3. The van der Waals surface area contributed by atoms with E-state index in [-0.39, 0.29) is 5.28 Å². The van der Waals surface area contributed by atoms with Gasteiger partial charge in [-0.2, -0.15) is 15.0 Å². The second-order valence-corrected chi connectivity index (χ2v) is 13.1. The molecule has 0 saturated carbocycles. The summed E-state index contributed by atoms with van der Waals surface area (Å²) in [7, 11) is -5.34. The Morgan fingerprint density at radius 1 is 0.571 bits per heavy atom. The standard InChI is InChI=1S/C21H44ClN5O6Si2/c1-7-28-34(29-8-2,30-9-3)17-13-15-23-20-25-19(22)26-21(27-20)24-16-14-18-35(31-10-4,32-11-5)33-12-6/h7-18H2,1-6H3,(H2,23,24,25,26,27). The van der Waals surface area contributed by atoms with E-state index in [1.54, 1.807) is 0 Å². The normalized spacial score (nSPS) is 12.2. The van der Waals surface area contributed by atoms with Crippen molar-refractivity contribution in [2.75, 3.05) is 63.4 Å². The smallest absolute Gasteiger partial charge is 0.374 e. The van der Waals surface area contributed by atoms with E-state index in [1.807, 2.05) is 41.5 Å². The molecule has 0 saturated heterocycles. The van der Waals surface area contributed by atoms with Crippen molar-refractivity contribution in [3.63, 3.8) is 0 Å². The minimum Gasteiger partial charge on any atom is -0.374 e. The zero-order valence-electron chi connectivity index (χ0n) is 22.2. The molecule has 14 heteroatoms. The van der Waals surface area contributed by atoms with Crippen LogP contribution < -0.4 is 10.6 Å². The van der Waals surface area contributed by atoms with E-state index >= 15 is 0 Å². The molecule has 1 aromatic heterocycles. The van der Waals surface area contributed by atoms with Crippen LogP contribution in [-0.4, -0.2) is 85.3 Å². The molecule has 0 aromatic carbocycles. The van der Waals surface area contributed by atoms with Crippen molar-refractivity contribution >= 4 is 41.1 Å². The second kappa shape index (κ2) is 18.4. The highest BCUT2D eigenvalue weighted by Gasteiger charge is 2.40. The molecule has 0 aliphatic carbocycles. The highest BCUT2D eigenvalue weighted by Crippen LogP contribution is 2.20. The maximum absolute atomic E-state index is 6.12. The summed E-state index contributed by atoms with van der Waals surface area (Å²) in [6.07, 6.45) is 1.55. The summed E-state index contributed by atoms with van der Waals surface area (Å²) < 4.78 is 35.4. The van der Waals surface area contributed by atoms with E-state index in [1.165, 1.54) is 0 Å². The monoisotopic (exact) mass is 553 g/mol. The van der Waals surface area contributed by atoms with E-state index in [2.05, 4.69) is 25.6 Å². The van der Waals surface area contributed by atoms with Gasteiger partial charge < -0.3 is 37.2 Å². The average molecular weight is 554 g/mol. The van der Waals surface area contributed by atoms with Gasteiger partial charge in [-0.3, -0.25) is 0 Å². The molecule has 2 N–H and O–H groups in total. The second-order valence-electron chi connectivity index (χ2n) is 7.28. The Labute approximate surface area is 217 Å². The third-order valence-electron chi connectivity index (χ3n) is 4.68. The maximum atomic E-state index is 6.12. The fourth-order valence-corrected chi connectivity index (χ4v) is 8.91. The SMILES string of the molecule is CCO[Si](CCCNc1nc(Cl)nc(NCCC[Si](OCC)(OCC)OCC)n1)(OCC)OCC. The van der Waals surface area contributed by atoms with Gasteiger partial charge in [-0.15, -0.1) is 0 Å². The Morgan fingerprint density at radius 2 is 0.886 bits per heavy atom. The first-order chi connectivity index (χ1) is 16.9. The van der Waals surface area contributed by atoms with Crippen LogP contribution in [0.3, 0.4) is 0 Å². The van der Waals surface area contributed by atoms with Crippen LogP contribution in [0.2, 0.25) is 17.4 Å². The predicted molar refractivity (Wildman–Crippen MR) is 142 cm³/mol. The number of hydrogen-bond acceptors (Lipinski definition) is 11. The number of aromatic nitrogens is 3. The lowest BCUT2D eigenvalue weighted by Crippen LogP contribution is -2.46. The minimum atomic E-state index is -2.67. The number of nitrogens with one attached hydrogen (secondary N) is 2. The first-order valence-corrected chi connectivity index (χ1v) is 16.9. The number of hydrogen-bond donors (Lipinski definition) is 2. The van der Waals surface area contributed by atoms with E-state index in [0.29, 0.717) is 76.7 Å². The van der Waals surface area contributed by atoms with Crippen molar-refractivity contribution in [1.29, 1.82) is 0 Å². The summed E-state index contributed by atoms with van der Waals surface area (Å²) in [5.41, 5.74) is 0. The van der Waals surface area contributed by atoms with Crippen molar-refractivity contribution < 1.29 is 26.6 Å². The Bertz CT molecular complexity index is 611. The van der Waals surface area contributed by atoms with Crippen molar-refractivity contribution in [3.05, 3.63) is 5.28 Å². The zero-order chi connectivity index (χ0) is 26.0. The van der Waals surface area contributed by atoms with Gasteiger partial charge in [-0.25, -0.2) is 0 Å². The molecule has 0 unspecified atom stereocenters. The minimum absolute atomic E-state index is 0.119. The summed E-state index contributed by atoms with van der Waals surface area (Å²) in [6.45, 7) is 16.3. The van der Waals surface area contributed by atoms with E-state index in [4.69, 9.17) is 38.2 Å². The Morgan fingerprint density at radius 3 is 1.17 bits per heavy atom. The molecular weight excluding hydrogens is 510 g/mol. The number of anilines is 2. The Balaban J connectivity index is 2.60. The van der Waals surface area contributed by atoms with Gasteiger partial charge in [0.25, 0.3) is 0 Å². The number of rotatable bonds is 22. The fraction of sp³-hybridized carbons (Fsp3) is 0.857. The van der Waals surface area contributed by atoms with Crippen LogP contribution in [0, 0.1) is 0 Å². The van der Waals surface area contributed by atoms with Crippen molar-refractivity contribution in [1.82, 2.24) is 15.0 Å². The van der Waals surface area contributed by atoms with Crippen LogP contribution in [0.15, 0.2) is 0 Å². The molecule has 0 radical (unpaired) electrons. The molecule has 0 spiro atoms. The van der Waals surface area contributed by atoms with Gasteiger partial charge in [0, 0.05) is 64.8 Å². The molecule has 0 aliphatic heterocycles. The third-order valence-corrected chi connectivity index (χ3v) is 11.2. The zero-order valence-corrected chi connectivity index (χ0v) is 24.9. The van der Waals surface area contributed by atoms with Gasteiger partial charge in [0.05, 0.1) is 0 Å². The summed E-state index contributed by atoms with van der Waals surface area (Å²) in [4.78, 5) is 12.8. The molecule has 11 nitrogen and oxygen atoms in total. The van der Waals surface area contributed by atoms with E-state index < -0.39 is 17.6 Å². The molecule has 0 amide bonds. The number of nitrogens with zero attached hydrogens (tertiary/aromatic N) is 3. The molecule has 0 fully saturated rings. The largest absolute Gasteiger partial charge is 0.500 e. The summed E-state index contributed by atoms with van der Waals surface area (Å²) in [6, 6.07) is 1.40. The van der Waals surface area contributed by atoms with Gasteiger partial charge in [-0.05, 0) is 66.0 Å². The molecule has 0 bridgehead atoms. The first-order valence-electron chi connectivity index (χ1n) is 12.6. The molecule has 204 valence electrons. The Hall–Kier alpha value is -0.906. The molecular formula is C21H44ClN5O6Si2. The van der Waals surface area contributed by atoms with Gasteiger partial charge in [0.1, 0.15) is 0 Å². The quantitative estimate of drug-likeness (QED) is 0.158. The first kappa shape index (κ1) is 32.1. The maximum Gasteiger partial charge on any atom is 0.500 e. The summed E-state index contributed by atoms with van der Waals surface area (Å²) in [5.74, 6) is 0.816. The highest BCUT2D eigenvalue weighted by molar-refractivity contribution is 6.61. The molecule has 0 atom stereocenters. The van der Waals surface area contributed by atoms with Crippen molar-refractivity contribution in [2.45, 2.75) is 66.5 Å². The van der Waals surface area contributed by atoms with Gasteiger partial charge >= 0.3 is 17.6 Å². The predicted octanol–water partition coefficient (Wildman–Crippen LogP) is 4.23. The fourth-order valence-electron chi connectivity index (χ4n) is 3.52. The van der Waals surface area contributed by atoms with E-state index in [0.717, 1.165) is 12.8 Å². The van der Waals surface area contributed by atoms with Crippen molar-refractivity contribution in [2.24, 2.45) is 0 Å². The summed E-state index contributed by atoms with van der Waals surface area (Å²) >= 11 is 6.12. The van der Waals surface area contributed by atoms with Crippen LogP contribution in [0.5, 0.6) is 0 Å².